The number of carbonyl (C=O) groups excluding carboxylic acids is 1. The standard InChI is InChI=1S/C16H18BrN3O/c17-12-7-10-3-2-6-14(15(10)19-9-12)20-16(21)11-4-1-5-13(18)8-11/h2-3,6-7,9,11,13H,1,4-5,8,18H2,(H,20,21). The van der Waals surface area contributed by atoms with Gasteiger partial charge in [0.1, 0.15) is 0 Å². The highest BCUT2D eigenvalue weighted by atomic mass is 79.9. The second kappa shape index (κ2) is 6.12. The van der Waals surface area contributed by atoms with Crippen LogP contribution in [0.5, 0.6) is 0 Å². The Hall–Kier alpha value is -1.46. The van der Waals surface area contributed by atoms with Gasteiger partial charge in [-0.2, -0.15) is 0 Å². The normalized spacial score (nSPS) is 22.2. The Balaban J connectivity index is 1.83. The maximum absolute atomic E-state index is 12.4. The summed E-state index contributed by atoms with van der Waals surface area (Å²) in [7, 11) is 0. The molecule has 0 spiro atoms. The third-order valence-corrected chi connectivity index (χ3v) is 4.45. The van der Waals surface area contributed by atoms with E-state index in [9.17, 15) is 4.79 Å². The summed E-state index contributed by atoms with van der Waals surface area (Å²) in [6, 6.07) is 7.95. The van der Waals surface area contributed by atoms with Gasteiger partial charge in [-0.15, -0.1) is 0 Å². The van der Waals surface area contributed by atoms with Crippen molar-refractivity contribution in [2.45, 2.75) is 31.7 Å². The molecule has 0 saturated heterocycles. The predicted molar refractivity (Wildman–Crippen MR) is 88.0 cm³/mol. The number of amides is 1. The molecular formula is C16H18BrN3O. The van der Waals surface area contributed by atoms with Crippen LogP contribution in [0.1, 0.15) is 25.7 Å². The molecule has 1 heterocycles. The quantitative estimate of drug-likeness (QED) is 0.873. The topological polar surface area (TPSA) is 68.0 Å². The molecule has 4 nitrogen and oxygen atoms in total. The third-order valence-electron chi connectivity index (χ3n) is 4.02. The van der Waals surface area contributed by atoms with Gasteiger partial charge in [-0.3, -0.25) is 9.78 Å². The van der Waals surface area contributed by atoms with Gasteiger partial charge >= 0.3 is 0 Å². The van der Waals surface area contributed by atoms with Crippen molar-refractivity contribution >= 4 is 38.4 Å². The molecule has 1 aliphatic rings. The number of halogens is 1. The molecule has 1 saturated carbocycles. The van der Waals surface area contributed by atoms with Gasteiger partial charge in [0.25, 0.3) is 0 Å². The first-order chi connectivity index (χ1) is 10.1. The van der Waals surface area contributed by atoms with E-state index < -0.39 is 0 Å². The van der Waals surface area contributed by atoms with E-state index in [1.165, 1.54) is 0 Å². The lowest BCUT2D eigenvalue weighted by Gasteiger charge is -2.25. The van der Waals surface area contributed by atoms with Crippen LogP contribution in [-0.2, 0) is 4.79 Å². The molecule has 0 radical (unpaired) electrons. The van der Waals surface area contributed by atoms with Gasteiger partial charge in [-0.25, -0.2) is 0 Å². The Morgan fingerprint density at radius 1 is 1.38 bits per heavy atom. The van der Waals surface area contributed by atoms with Gasteiger partial charge in [0.05, 0.1) is 11.2 Å². The van der Waals surface area contributed by atoms with Crippen LogP contribution in [0.25, 0.3) is 10.9 Å². The van der Waals surface area contributed by atoms with Gasteiger partial charge in [0.15, 0.2) is 0 Å². The summed E-state index contributed by atoms with van der Waals surface area (Å²) >= 11 is 3.41. The zero-order chi connectivity index (χ0) is 14.8. The fraction of sp³-hybridized carbons (Fsp3) is 0.375. The summed E-state index contributed by atoms with van der Waals surface area (Å²) < 4.78 is 0.928. The van der Waals surface area contributed by atoms with Crippen LogP contribution in [-0.4, -0.2) is 16.9 Å². The number of hydrogen-bond donors (Lipinski definition) is 2. The van der Waals surface area contributed by atoms with E-state index >= 15 is 0 Å². The van der Waals surface area contributed by atoms with Gasteiger partial charge in [0.2, 0.25) is 5.91 Å². The number of pyridine rings is 1. The van der Waals surface area contributed by atoms with Crippen LogP contribution >= 0.6 is 15.9 Å². The Morgan fingerprint density at radius 3 is 3.05 bits per heavy atom. The smallest absolute Gasteiger partial charge is 0.227 e. The summed E-state index contributed by atoms with van der Waals surface area (Å²) in [6.45, 7) is 0. The first-order valence-electron chi connectivity index (χ1n) is 7.24. The van der Waals surface area contributed by atoms with E-state index in [2.05, 4.69) is 26.2 Å². The Kier molecular flexibility index (Phi) is 4.22. The monoisotopic (exact) mass is 347 g/mol. The molecule has 21 heavy (non-hydrogen) atoms. The van der Waals surface area contributed by atoms with E-state index in [1.807, 2.05) is 24.3 Å². The third kappa shape index (κ3) is 3.24. The molecule has 2 aromatic rings. The number of benzene rings is 1. The van der Waals surface area contributed by atoms with Crippen LogP contribution in [0, 0.1) is 5.92 Å². The summed E-state index contributed by atoms with van der Waals surface area (Å²) in [5.74, 6) is 0.0711. The summed E-state index contributed by atoms with van der Waals surface area (Å²) in [6.07, 6.45) is 5.49. The van der Waals surface area contributed by atoms with Crippen molar-refractivity contribution in [3.05, 3.63) is 34.9 Å². The van der Waals surface area contributed by atoms with Crippen LogP contribution < -0.4 is 11.1 Å². The van der Waals surface area contributed by atoms with Crippen LogP contribution in [0.15, 0.2) is 34.9 Å². The summed E-state index contributed by atoms with van der Waals surface area (Å²) in [5.41, 5.74) is 7.55. The molecule has 1 aliphatic carbocycles. The number of carbonyl (C=O) groups is 1. The highest BCUT2D eigenvalue weighted by Crippen LogP contribution is 2.27. The second-order valence-electron chi connectivity index (χ2n) is 5.64. The van der Waals surface area contributed by atoms with Crippen molar-refractivity contribution in [1.82, 2.24) is 4.98 Å². The summed E-state index contributed by atoms with van der Waals surface area (Å²) in [4.78, 5) is 16.8. The van der Waals surface area contributed by atoms with E-state index in [-0.39, 0.29) is 17.9 Å². The average molecular weight is 348 g/mol. The lowest BCUT2D eigenvalue weighted by atomic mass is 9.85. The Labute approximate surface area is 132 Å². The number of fused-ring (bicyclic) bond motifs is 1. The van der Waals surface area contributed by atoms with Crippen molar-refractivity contribution in [2.24, 2.45) is 11.7 Å². The lowest BCUT2D eigenvalue weighted by Crippen LogP contribution is -2.34. The minimum absolute atomic E-state index is 0.0134. The van der Waals surface area contributed by atoms with E-state index in [0.717, 1.165) is 46.7 Å². The van der Waals surface area contributed by atoms with Crippen LogP contribution in [0.4, 0.5) is 5.69 Å². The molecule has 0 aliphatic heterocycles. The number of aromatic nitrogens is 1. The predicted octanol–water partition coefficient (Wildman–Crippen LogP) is 3.45. The molecule has 5 heteroatoms. The SMILES string of the molecule is NC1CCCC(C(=O)Nc2cccc3cc(Br)cnc23)C1. The molecule has 0 bridgehead atoms. The minimum Gasteiger partial charge on any atom is -0.328 e. The Morgan fingerprint density at radius 2 is 2.24 bits per heavy atom. The largest absolute Gasteiger partial charge is 0.328 e. The minimum atomic E-state index is 0.0134. The lowest BCUT2D eigenvalue weighted by molar-refractivity contribution is -0.120. The zero-order valence-electron chi connectivity index (χ0n) is 11.7. The molecule has 2 atom stereocenters. The highest BCUT2D eigenvalue weighted by molar-refractivity contribution is 9.10. The van der Waals surface area contributed by atoms with Crippen LogP contribution in [0.2, 0.25) is 0 Å². The van der Waals surface area contributed by atoms with Gasteiger partial charge in [0, 0.05) is 28.0 Å². The fourth-order valence-corrected chi connectivity index (χ4v) is 3.28. The Bertz CT molecular complexity index is 674. The number of nitrogens with two attached hydrogens (primary N) is 1. The summed E-state index contributed by atoms with van der Waals surface area (Å²) in [5, 5.41) is 4.02. The fourth-order valence-electron chi connectivity index (χ4n) is 2.94. The van der Waals surface area contributed by atoms with E-state index in [1.54, 1.807) is 6.20 Å². The number of para-hydroxylation sites is 1. The van der Waals surface area contributed by atoms with Crippen molar-refractivity contribution in [1.29, 1.82) is 0 Å². The van der Waals surface area contributed by atoms with Gasteiger partial charge < -0.3 is 11.1 Å². The first-order valence-corrected chi connectivity index (χ1v) is 8.03. The average Bonchev–Trinajstić information content (AvgIpc) is 2.47. The molecule has 3 N–H and O–H groups in total. The van der Waals surface area contributed by atoms with Crippen molar-refractivity contribution < 1.29 is 4.79 Å². The number of nitrogens with zero attached hydrogens (tertiary/aromatic N) is 1. The molecular weight excluding hydrogens is 330 g/mol. The number of anilines is 1. The second-order valence-corrected chi connectivity index (χ2v) is 6.56. The maximum atomic E-state index is 12.4. The molecule has 1 aromatic heterocycles. The number of rotatable bonds is 2. The molecule has 1 fully saturated rings. The van der Waals surface area contributed by atoms with Crippen molar-refractivity contribution in [3.8, 4) is 0 Å². The molecule has 2 unspecified atom stereocenters. The van der Waals surface area contributed by atoms with E-state index in [4.69, 9.17) is 5.73 Å². The van der Waals surface area contributed by atoms with E-state index in [0.29, 0.717) is 0 Å². The van der Waals surface area contributed by atoms with Crippen molar-refractivity contribution in [2.75, 3.05) is 5.32 Å². The van der Waals surface area contributed by atoms with Gasteiger partial charge in [-0.05, 0) is 47.3 Å². The van der Waals surface area contributed by atoms with Crippen LogP contribution in [0.3, 0.4) is 0 Å². The highest BCUT2D eigenvalue weighted by Gasteiger charge is 2.25. The molecule has 3 rings (SSSR count). The first kappa shape index (κ1) is 14.5. The number of nitrogens with one attached hydrogen (secondary N) is 1. The zero-order valence-corrected chi connectivity index (χ0v) is 13.3. The van der Waals surface area contributed by atoms with Crippen molar-refractivity contribution in [3.63, 3.8) is 0 Å². The number of hydrogen-bond acceptors (Lipinski definition) is 3. The molecule has 110 valence electrons. The van der Waals surface area contributed by atoms with Gasteiger partial charge in [-0.1, -0.05) is 18.6 Å². The molecule has 1 amide bonds. The maximum Gasteiger partial charge on any atom is 0.227 e. The molecule has 1 aromatic carbocycles.